The molecule has 0 radical (unpaired) electrons. The van der Waals surface area contributed by atoms with Gasteiger partial charge in [-0.05, 0) is 52.5 Å². The Hall–Kier alpha value is -6.00. The van der Waals surface area contributed by atoms with Crippen LogP contribution in [0, 0.1) is 28.6 Å². The number of ketones is 1. The number of ether oxygens (including phenoxy) is 6. The van der Waals surface area contributed by atoms with Crippen LogP contribution in [-0.2, 0) is 67.0 Å². The van der Waals surface area contributed by atoms with E-state index in [1.807, 2.05) is 145 Å². The van der Waals surface area contributed by atoms with Gasteiger partial charge in [0.15, 0.2) is 5.78 Å². The van der Waals surface area contributed by atoms with Gasteiger partial charge in [-0.15, -0.1) is 0 Å². The number of methoxy groups -OCH3 is 2. The molecule has 4 aromatic rings. The summed E-state index contributed by atoms with van der Waals surface area (Å²) in [6.45, 7) is 14.8. The van der Waals surface area contributed by atoms with Crippen molar-refractivity contribution in [2.75, 3.05) is 60.4 Å². The highest BCUT2D eigenvalue weighted by atomic mass is 16.6. The standard InChI is InChI=1S/C56H76N4O11/c1-40(34-41-18-12-10-13-19-41)53(64)71-49(39-60(59-52(63)46(55(2,3)4)37-50(62)67-9)38-43-23-25-44(26-24-43)47-22-16-17-27-57-47)45(35-42-20-14-11-15-21-42)36-48(61)51(56(5,6)7)58-54(65)70-33-32-69-31-30-68-29-28-66-8/h10-27,40,45-46,49,51H,28-39H2,1-9H3,(H,58,65)(H,59,63)/t40-,45+,46+,49-,51+/m0/s1. The van der Waals surface area contributed by atoms with Gasteiger partial charge in [0.25, 0.3) is 0 Å². The quantitative estimate of drug-likeness (QED) is 0.0230. The molecule has 0 saturated heterocycles. The SMILES string of the molecule is COCCOCCOCCOC(=O)N[C@H](C(=O)C[C@@H](Cc1ccccc1)[C@H](CN(Cc1ccc(-c2ccccn2)cc1)NC(=O)[C@@H](CC(=O)OC)C(C)(C)C)OC(=O)[C@@H](C)Cc1ccccc1)C(C)(C)C. The molecule has 2 amide bonds. The summed E-state index contributed by atoms with van der Waals surface area (Å²) in [5, 5.41) is 4.51. The first kappa shape index (κ1) is 57.6. The van der Waals surface area contributed by atoms with Crippen molar-refractivity contribution in [1.82, 2.24) is 20.7 Å². The predicted octanol–water partition coefficient (Wildman–Crippen LogP) is 8.24. The van der Waals surface area contributed by atoms with E-state index in [-0.39, 0.29) is 44.9 Å². The van der Waals surface area contributed by atoms with Crippen LogP contribution in [0.15, 0.2) is 109 Å². The third kappa shape index (κ3) is 20.7. The van der Waals surface area contributed by atoms with Gasteiger partial charge >= 0.3 is 18.0 Å². The Morgan fingerprint density at radius 1 is 0.662 bits per heavy atom. The van der Waals surface area contributed by atoms with Gasteiger partial charge in [-0.1, -0.05) is 139 Å². The summed E-state index contributed by atoms with van der Waals surface area (Å²) in [5.41, 5.74) is 6.05. The summed E-state index contributed by atoms with van der Waals surface area (Å²) in [6, 6.07) is 31.7. The Kier molecular flexibility index (Phi) is 23.8. The molecule has 0 aliphatic carbocycles. The van der Waals surface area contributed by atoms with Crippen molar-refractivity contribution in [3.05, 3.63) is 126 Å². The summed E-state index contributed by atoms with van der Waals surface area (Å²) in [5.74, 6) is -3.79. The highest BCUT2D eigenvalue weighted by molar-refractivity contribution is 5.88. The fourth-order valence-corrected chi connectivity index (χ4v) is 8.00. The van der Waals surface area contributed by atoms with Gasteiger partial charge < -0.3 is 33.7 Å². The van der Waals surface area contributed by atoms with E-state index in [0.717, 1.165) is 27.9 Å². The van der Waals surface area contributed by atoms with Crippen LogP contribution in [-0.4, -0.2) is 112 Å². The molecule has 0 aliphatic heterocycles. The maximum Gasteiger partial charge on any atom is 0.407 e. The van der Waals surface area contributed by atoms with Gasteiger partial charge in [-0.25, -0.2) is 9.80 Å². The number of amides is 2. The van der Waals surface area contributed by atoms with E-state index in [1.165, 1.54) is 7.11 Å². The van der Waals surface area contributed by atoms with E-state index in [4.69, 9.17) is 28.4 Å². The lowest BCUT2D eigenvalue weighted by atomic mass is 9.78. The average molecular weight is 981 g/mol. The third-order valence-electron chi connectivity index (χ3n) is 12.0. The lowest BCUT2D eigenvalue weighted by molar-refractivity contribution is -0.160. The molecule has 4 rings (SSSR count). The number of hydrogen-bond donors (Lipinski definition) is 2. The highest BCUT2D eigenvalue weighted by Crippen LogP contribution is 2.31. The normalized spacial score (nSPS) is 13.8. The number of nitrogens with one attached hydrogen (secondary N) is 2. The number of carbonyl (C=O) groups excluding carboxylic acids is 5. The van der Waals surface area contributed by atoms with E-state index < -0.39 is 64.7 Å². The predicted molar refractivity (Wildman–Crippen MR) is 271 cm³/mol. The maximum atomic E-state index is 14.9. The van der Waals surface area contributed by atoms with Crippen LogP contribution in [0.1, 0.15) is 78.0 Å². The van der Waals surface area contributed by atoms with E-state index >= 15 is 0 Å². The molecule has 71 heavy (non-hydrogen) atoms. The molecular weight excluding hydrogens is 905 g/mol. The first-order valence-corrected chi connectivity index (χ1v) is 24.4. The molecule has 15 nitrogen and oxygen atoms in total. The molecule has 386 valence electrons. The Bertz CT molecular complexity index is 2220. The van der Waals surface area contributed by atoms with Crippen LogP contribution in [0.5, 0.6) is 0 Å². The third-order valence-corrected chi connectivity index (χ3v) is 12.0. The van der Waals surface area contributed by atoms with Gasteiger partial charge in [0, 0.05) is 37.8 Å². The van der Waals surface area contributed by atoms with Crippen LogP contribution < -0.4 is 10.7 Å². The van der Waals surface area contributed by atoms with Crippen molar-refractivity contribution in [1.29, 1.82) is 0 Å². The van der Waals surface area contributed by atoms with E-state index in [2.05, 4.69) is 15.7 Å². The largest absolute Gasteiger partial charge is 0.469 e. The van der Waals surface area contributed by atoms with Crippen LogP contribution in [0.25, 0.3) is 11.3 Å². The number of alkyl carbamates (subject to hydrolysis) is 1. The molecule has 2 N–H and O–H groups in total. The van der Waals surface area contributed by atoms with E-state index in [1.54, 1.807) is 25.2 Å². The minimum atomic E-state index is -1.00. The number of esters is 2. The second kappa shape index (κ2) is 29.4. The molecule has 1 heterocycles. The molecule has 0 aliphatic rings. The Morgan fingerprint density at radius 3 is 1.82 bits per heavy atom. The fourth-order valence-electron chi connectivity index (χ4n) is 8.00. The summed E-state index contributed by atoms with van der Waals surface area (Å²) in [7, 11) is 2.88. The number of hydrogen-bond acceptors (Lipinski definition) is 13. The zero-order valence-corrected chi connectivity index (χ0v) is 43.1. The second-order valence-corrected chi connectivity index (χ2v) is 20.0. The molecule has 5 atom stereocenters. The summed E-state index contributed by atoms with van der Waals surface area (Å²) in [6.07, 6.45) is 0.380. The second-order valence-electron chi connectivity index (χ2n) is 20.0. The number of aromatic nitrogens is 1. The Balaban J connectivity index is 1.72. The molecule has 0 unspecified atom stereocenters. The molecule has 0 saturated carbocycles. The van der Waals surface area contributed by atoms with Gasteiger partial charge in [-0.3, -0.25) is 29.6 Å². The van der Waals surface area contributed by atoms with Crippen LogP contribution in [0.3, 0.4) is 0 Å². The van der Waals surface area contributed by atoms with Crippen molar-refractivity contribution < 1.29 is 52.4 Å². The number of hydrazine groups is 1. The summed E-state index contributed by atoms with van der Waals surface area (Å²) < 4.78 is 33.0. The van der Waals surface area contributed by atoms with Crippen molar-refractivity contribution in [3.63, 3.8) is 0 Å². The minimum absolute atomic E-state index is 0.0477. The zero-order valence-electron chi connectivity index (χ0n) is 43.1. The van der Waals surface area contributed by atoms with Crippen molar-refractivity contribution in [2.45, 2.75) is 92.8 Å². The summed E-state index contributed by atoms with van der Waals surface area (Å²) in [4.78, 5) is 74.3. The number of pyridine rings is 1. The van der Waals surface area contributed by atoms with Crippen LogP contribution in [0.4, 0.5) is 4.79 Å². The number of rotatable bonds is 29. The van der Waals surface area contributed by atoms with Gasteiger partial charge in [0.05, 0.1) is 76.7 Å². The molecule has 0 fully saturated rings. The van der Waals surface area contributed by atoms with Crippen molar-refractivity contribution >= 4 is 29.7 Å². The number of carbonyl (C=O) groups is 5. The molecule has 1 aromatic heterocycles. The fraction of sp³-hybridized carbons (Fsp3) is 0.500. The zero-order chi connectivity index (χ0) is 51.8. The van der Waals surface area contributed by atoms with E-state index in [9.17, 15) is 24.0 Å². The topological polar surface area (TPSA) is 181 Å². The molecular formula is C56H76N4O11. The smallest absolute Gasteiger partial charge is 0.407 e. The molecule has 0 spiro atoms. The Labute approximate surface area is 420 Å². The molecule has 15 heteroatoms. The Morgan fingerprint density at radius 2 is 1.25 bits per heavy atom. The number of Topliss-reactive ketones (excluding diaryl/α,β-unsaturated/α-hetero) is 1. The van der Waals surface area contributed by atoms with Gasteiger partial charge in [0.1, 0.15) is 12.7 Å². The number of benzene rings is 3. The van der Waals surface area contributed by atoms with Crippen LogP contribution in [0.2, 0.25) is 0 Å². The lowest BCUT2D eigenvalue weighted by Gasteiger charge is -2.36. The minimum Gasteiger partial charge on any atom is -0.469 e. The van der Waals surface area contributed by atoms with Crippen molar-refractivity contribution in [2.24, 2.45) is 28.6 Å². The maximum absolute atomic E-state index is 14.9. The monoisotopic (exact) mass is 981 g/mol. The molecule has 3 aromatic carbocycles. The first-order valence-electron chi connectivity index (χ1n) is 24.4. The van der Waals surface area contributed by atoms with Gasteiger partial charge in [0.2, 0.25) is 5.91 Å². The summed E-state index contributed by atoms with van der Waals surface area (Å²) >= 11 is 0. The van der Waals surface area contributed by atoms with Crippen molar-refractivity contribution in [3.8, 4) is 11.3 Å². The van der Waals surface area contributed by atoms with Crippen LogP contribution >= 0.6 is 0 Å². The lowest BCUT2D eigenvalue weighted by Crippen LogP contribution is -2.53. The van der Waals surface area contributed by atoms with Gasteiger partial charge in [-0.2, -0.15) is 0 Å². The first-order chi connectivity index (χ1) is 33.9. The average Bonchev–Trinajstić information content (AvgIpc) is 3.34. The van der Waals surface area contributed by atoms with E-state index in [0.29, 0.717) is 39.3 Å². The highest BCUT2D eigenvalue weighted by Gasteiger charge is 2.39. The molecule has 0 bridgehead atoms. The number of nitrogens with zero attached hydrogens (tertiary/aromatic N) is 2.